The molecule has 1 fully saturated rings. The minimum Gasteiger partial charge on any atom is -0.486 e. The molecule has 1 heterocycles. The van der Waals surface area contributed by atoms with Gasteiger partial charge in [0.05, 0.1) is 10.6 Å². The standard InChI is InChI=1S/C13H12ClNO3/c14-10-7-12-11(17-4-5-18-12)6-9(10)13(15-8-16)2-1-3-13/h6-7H,1-5H2. The van der Waals surface area contributed by atoms with Gasteiger partial charge in [0.25, 0.3) is 0 Å². The van der Waals surface area contributed by atoms with Crippen LogP contribution in [0, 0.1) is 0 Å². The first-order valence-corrected chi connectivity index (χ1v) is 6.32. The van der Waals surface area contributed by atoms with Gasteiger partial charge in [0.2, 0.25) is 6.08 Å². The van der Waals surface area contributed by atoms with Gasteiger partial charge in [-0.05, 0) is 25.3 Å². The molecule has 0 amide bonds. The summed E-state index contributed by atoms with van der Waals surface area (Å²) in [6.45, 7) is 1.05. The van der Waals surface area contributed by atoms with Crippen molar-refractivity contribution >= 4 is 17.7 Å². The number of benzene rings is 1. The van der Waals surface area contributed by atoms with Crippen LogP contribution in [0.3, 0.4) is 0 Å². The van der Waals surface area contributed by atoms with Gasteiger partial charge in [0.15, 0.2) is 11.5 Å². The molecule has 1 aliphatic carbocycles. The fourth-order valence-electron chi connectivity index (χ4n) is 2.46. The highest BCUT2D eigenvalue weighted by Crippen LogP contribution is 2.50. The van der Waals surface area contributed by atoms with Gasteiger partial charge in [-0.3, -0.25) is 0 Å². The van der Waals surface area contributed by atoms with Crippen LogP contribution in [0.2, 0.25) is 5.02 Å². The van der Waals surface area contributed by atoms with E-state index in [1.807, 2.05) is 6.07 Å². The molecule has 2 aliphatic rings. The van der Waals surface area contributed by atoms with E-state index >= 15 is 0 Å². The summed E-state index contributed by atoms with van der Waals surface area (Å²) in [6.07, 6.45) is 4.34. The van der Waals surface area contributed by atoms with Crippen LogP contribution in [0.4, 0.5) is 0 Å². The molecule has 1 saturated carbocycles. The zero-order valence-corrected chi connectivity index (χ0v) is 10.5. The first-order chi connectivity index (χ1) is 8.75. The topological polar surface area (TPSA) is 47.9 Å². The van der Waals surface area contributed by atoms with Crippen LogP contribution in [0.5, 0.6) is 11.5 Å². The Morgan fingerprint density at radius 1 is 1.22 bits per heavy atom. The molecule has 0 atom stereocenters. The number of rotatable bonds is 2. The van der Waals surface area contributed by atoms with Crippen molar-refractivity contribution < 1.29 is 14.3 Å². The fraction of sp³-hybridized carbons (Fsp3) is 0.462. The van der Waals surface area contributed by atoms with E-state index < -0.39 is 5.54 Å². The second kappa shape index (κ2) is 4.30. The number of carbonyl (C=O) groups excluding carboxylic acids is 1. The van der Waals surface area contributed by atoms with Crippen LogP contribution < -0.4 is 9.47 Å². The summed E-state index contributed by atoms with van der Waals surface area (Å²) in [5.41, 5.74) is 0.331. The molecular weight excluding hydrogens is 254 g/mol. The molecule has 4 nitrogen and oxygen atoms in total. The third kappa shape index (κ3) is 1.69. The van der Waals surface area contributed by atoms with Crippen molar-refractivity contribution in [1.29, 1.82) is 0 Å². The smallest absolute Gasteiger partial charge is 0.235 e. The van der Waals surface area contributed by atoms with E-state index in [-0.39, 0.29) is 0 Å². The predicted molar refractivity (Wildman–Crippen MR) is 66.1 cm³/mol. The number of aliphatic imine (C=N–C) groups is 1. The Hall–Kier alpha value is -1.51. The summed E-state index contributed by atoms with van der Waals surface area (Å²) in [6, 6.07) is 3.59. The van der Waals surface area contributed by atoms with Gasteiger partial charge in [-0.1, -0.05) is 11.6 Å². The second-order valence-corrected chi connectivity index (χ2v) is 4.97. The molecule has 0 bridgehead atoms. The second-order valence-electron chi connectivity index (χ2n) is 4.56. The summed E-state index contributed by atoms with van der Waals surface area (Å²) in [7, 11) is 0. The minimum absolute atomic E-state index is 0.505. The van der Waals surface area contributed by atoms with Crippen LogP contribution in [0.25, 0.3) is 0 Å². The van der Waals surface area contributed by atoms with Crippen molar-refractivity contribution in [2.45, 2.75) is 24.8 Å². The first-order valence-electron chi connectivity index (χ1n) is 5.94. The van der Waals surface area contributed by atoms with Gasteiger partial charge in [0.1, 0.15) is 13.2 Å². The number of fused-ring (bicyclic) bond motifs is 1. The molecule has 18 heavy (non-hydrogen) atoms. The van der Waals surface area contributed by atoms with Crippen molar-refractivity contribution in [2.75, 3.05) is 13.2 Å². The van der Waals surface area contributed by atoms with Gasteiger partial charge in [-0.2, -0.15) is 4.99 Å². The lowest BCUT2D eigenvalue weighted by atomic mass is 9.72. The molecule has 0 spiro atoms. The summed E-state index contributed by atoms with van der Waals surface area (Å²) in [5, 5.41) is 0.568. The first kappa shape index (κ1) is 11.6. The maximum Gasteiger partial charge on any atom is 0.235 e. The van der Waals surface area contributed by atoms with E-state index in [2.05, 4.69) is 4.99 Å². The van der Waals surface area contributed by atoms with Gasteiger partial charge < -0.3 is 9.47 Å². The van der Waals surface area contributed by atoms with E-state index in [0.717, 1.165) is 24.8 Å². The summed E-state index contributed by atoms with van der Waals surface area (Å²) >= 11 is 6.27. The van der Waals surface area contributed by atoms with Gasteiger partial charge in [-0.25, -0.2) is 4.79 Å². The normalized spacial score (nSPS) is 19.6. The zero-order valence-electron chi connectivity index (χ0n) is 9.74. The number of ether oxygens (including phenoxy) is 2. The molecule has 5 heteroatoms. The summed E-state index contributed by atoms with van der Waals surface area (Å²) in [4.78, 5) is 14.6. The third-order valence-corrected chi connectivity index (χ3v) is 3.89. The molecule has 1 aromatic carbocycles. The van der Waals surface area contributed by atoms with E-state index in [1.165, 1.54) is 0 Å². The maximum atomic E-state index is 10.6. The van der Waals surface area contributed by atoms with Crippen molar-refractivity contribution in [2.24, 2.45) is 4.99 Å². The summed E-state index contributed by atoms with van der Waals surface area (Å²) in [5.74, 6) is 1.33. The number of hydrogen-bond donors (Lipinski definition) is 0. The maximum absolute atomic E-state index is 10.6. The Morgan fingerprint density at radius 3 is 2.44 bits per heavy atom. The number of halogens is 1. The van der Waals surface area contributed by atoms with Crippen molar-refractivity contribution in [3.63, 3.8) is 0 Å². The van der Waals surface area contributed by atoms with Crippen LogP contribution >= 0.6 is 11.6 Å². The molecule has 0 unspecified atom stereocenters. The lowest BCUT2D eigenvalue weighted by molar-refractivity contribution is 0.170. The average Bonchev–Trinajstić information content (AvgIpc) is 2.33. The molecule has 0 aromatic heterocycles. The Balaban J connectivity index is 2.09. The van der Waals surface area contributed by atoms with Crippen LogP contribution in [-0.2, 0) is 10.3 Å². The lowest BCUT2D eigenvalue weighted by Crippen LogP contribution is -2.32. The predicted octanol–water partition coefficient (Wildman–Crippen LogP) is 2.83. The van der Waals surface area contributed by atoms with Gasteiger partial charge >= 0.3 is 0 Å². The molecular formula is C13H12ClNO3. The molecule has 1 aliphatic heterocycles. The van der Waals surface area contributed by atoms with E-state index in [9.17, 15) is 4.79 Å². The monoisotopic (exact) mass is 265 g/mol. The van der Waals surface area contributed by atoms with Crippen molar-refractivity contribution in [3.05, 3.63) is 22.7 Å². The molecule has 1 aromatic rings. The third-order valence-electron chi connectivity index (χ3n) is 3.57. The Bertz CT molecular complexity index is 533. The molecule has 0 radical (unpaired) electrons. The molecule has 94 valence electrons. The lowest BCUT2D eigenvalue weighted by Gasteiger charge is -2.38. The van der Waals surface area contributed by atoms with E-state index in [0.29, 0.717) is 29.7 Å². The van der Waals surface area contributed by atoms with E-state index in [1.54, 1.807) is 12.1 Å². The largest absolute Gasteiger partial charge is 0.486 e. The molecule has 0 saturated heterocycles. The van der Waals surface area contributed by atoms with E-state index in [4.69, 9.17) is 21.1 Å². The highest BCUT2D eigenvalue weighted by molar-refractivity contribution is 6.31. The quantitative estimate of drug-likeness (QED) is 0.610. The minimum atomic E-state index is -0.505. The molecule has 3 rings (SSSR count). The van der Waals surface area contributed by atoms with Gasteiger partial charge in [-0.15, -0.1) is 0 Å². The Kier molecular flexibility index (Phi) is 2.77. The van der Waals surface area contributed by atoms with Gasteiger partial charge in [0, 0.05) is 11.6 Å². The Labute approximate surface area is 110 Å². The highest BCUT2D eigenvalue weighted by atomic mass is 35.5. The van der Waals surface area contributed by atoms with Crippen molar-refractivity contribution in [3.8, 4) is 11.5 Å². The zero-order chi connectivity index (χ0) is 12.6. The fourth-order valence-corrected chi connectivity index (χ4v) is 2.79. The van der Waals surface area contributed by atoms with Crippen LogP contribution in [-0.4, -0.2) is 19.3 Å². The number of isocyanates is 1. The number of nitrogens with zero attached hydrogens (tertiary/aromatic N) is 1. The highest BCUT2D eigenvalue weighted by Gasteiger charge is 2.41. The summed E-state index contributed by atoms with van der Waals surface area (Å²) < 4.78 is 11.0. The average molecular weight is 266 g/mol. The van der Waals surface area contributed by atoms with Crippen LogP contribution in [0.1, 0.15) is 24.8 Å². The SMILES string of the molecule is O=C=NC1(c2cc3c(cc2Cl)OCCO3)CCC1. The van der Waals surface area contributed by atoms with Crippen LogP contribution in [0.15, 0.2) is 17.1 Å². The molecule has 0 N–H and O–H groups in total. The number of hydrogen-bond acceptors (Lipinski definition) is 4. The Morgan fingerprint density at radius 2 is 1.89 bits per heavy atom. The van der Waals surface area contributed by atoms with Crippen molar-refractivity contribution in [1.82, 2.24) is 0 Å².